The number of halogens is 1. The predicted molar refractivity (Wildman–Crippen MR) is 89.3 cm³/mol. The smallest absolute Gasteiger partial charge is 0.321 e. The van der Waals surface area contributed by atoms with Gasteiger partial charge in [0.15, 0.2) is 6.61 Å². The molecule has 6 nitrogen and oxygen atoms in total. The van der Waals surface area contributed by atoms with Crippen LogP contribution < -0.4 is 10.6 Å². The Balaban J connectivity index is 2.01. The molecule has 0 bridgehead atoms. The van der Waals surface area contributed by atoms with Gasteiger partial charge < -0.3 is 10.1 Å². The molecule has 1 fully saturated rings. The highest BCUT2D eigenvalue weighted by molar-refractivity contribution is 5.96. The van der Waals surface area contributed by atoms with E-state index in [2.05, 4.69) is 10.6 Å². The summed E-state index contributed by atoms with van der Waals surface area (Å²) in [6.07, 6.45) is 2.52. The van der Waals surface area contributed by atoms with E-state index < -0.39 is 35.7 Å². The zero-order chi connectivity index (χ0) is 18.4. The van der Waals surface area contributed by atoms with Crippen LogP contribution in [0, 0.1) is 5.82 Å². The third-order valence-electron chi connectivity index (χ3n) is 4.24. The van der Waals surface area contributed by atoms with Crippen LogP contribution in [0.4, 0.5) is 9.18 Å². The molecule has 0 radical (unpaired) electrons. The number of nitrogens with one attached hydrogen (secondary N) is 2. The van der Waals surface area contributed by atoms with E-state index in [1.165, 1.54) is 6.07 Å². The van der Waals surface area contributed by atoms with Crippen LogP contribution in [-0.4, -0.2) is 30.6 Å². The van der Waals surface area contributed by atoms with E-state index >= 15 is 0 Å². The fraction of sp³-hybridized carbons (Fsp3) is 0.500. The maximum absolute atomic E-state index is 14.2. The van der Waals surface area contributed by atoms with E-state index in [0.29, 0.717) is 18.4 Å². The Kier molecular flexibility index (Phi) is 6.12. The Labute approximate surface area is 146 Å². The molecule has 2 N–H and O–H groups in total. The number of ether oxygens (including phenoxy) is 1. The molecule has 1 aromatic rings. The molecule has 0 saturated heterocycles. The maximum Gasteiger partial charge on any atom is 0.321 e. The van der Waals surface area contributed by atoms with Crippen LogP contribution in [0.1, 0.15) is 45.1 Å². The minimum Gasteiger partial charge on any atom is -0.455 e. The molecular formula is C18H23FN2O4. The highest BCUT2D eigenvalue weighted by Gasteiger charge is 2.45. The van der Waals surface area contributed by atoms with Crippen molar-refractivity contribution >= 4 is 17.9 Å². The molecule has 1 aliphatic rings. The van der Waals surface area contributed by atoms with E-state index in [4.69, 9.17) is 4.74 Å². The summed E-state index contributed by atoms with van der Waals surface area (Å²) in [6.45, 7) is 2.92. The third-order valence-corrected chi connectivity index (χ3v) is 4.24. The van der Waals surface area contributed by atoms with Gasteiger partial charge in [-0.25, -0.2) is 9.18 Å². The molecule has 0 aromatic heterocycles. The van der Waals surface area contributed by atoms with E-state index in [9.17, 15) is 18.8 Å². The number of rotatable bonds is 5. The zero-order valence-corrected chi connectivity index (χ0v) is 14.4. The minimum atomic E-state index is -1.06. The molecule has 25 heavy (non-hydrogen) atoms. The summed E-state index contributed by atoms with van der Waals surface area (Å²) in [5, 5.41) is 4.58. The van der Waals surface area contributed by atoms with Crippen molar-refractivity contribution in [3.05, 3.63) is 35.6 Å². The number of esters is 1. The first-order chi connectivity index (χ1) is 11.8. The molecule has 7 heteroatoms. The van der Waals surface area contributed by atoms with Crippen molar-refractivity contribution in [2.24, 2.45) is 0 Å². The van der Waals surface area contributed by atoms with Crippen molar-refractivity contribution in [3.8, 4) is 0 Å². The lowest BCUT2D eigenvalue weighted by atomic mass is 9.78. The molecule has 0 atom stereocenters. The monoisotopic (exact) mass is 350 g/mol. The summed E-state index contributed by atoms with van der Waals surface area (Å²) in [5.41, 5.74) is -0.762. The molecule has 2 rings (SSSR count). The van der Waals surface area contributed by atoms with Crippen molar-refractivity contribution in [3.63, 3.8) is 0 Å². The molecule has 1 aromatic carbocycles. The molecule has 0 spiro atoms. The van der Waals surface area contributed by atoms with Gasteiger partial charge in [0.2, 0.25) is 0 Å². The highest BCUT2D eigenvalue weighted by Crippen LogP contribution is 2.43. The van der Waals surface area contributed by atoms with Gasteiger partial charge >= 0.3 is 12.0 Å². The average Bonchev–Trinajstić information content (AvgIpc) is 3.03. The van der Waals surface area contributed by atoms with Crippen LogP contribution >= 0.6 is 0 Å². The fourth-order valence-corrected chi connectivity index (χ4v) is 3.14. The maximum atomic E-state index is 14.2. The number of imide groups is 1. The van der Waals surface area contributed by atoms with Crippen LogP contribution in [0.2, 0.25) is 0 Å². The highest BCUT2D eigenvalue weighted by atomic mass is 19.1. The summed E-state index contributed by atoms with van der Waals surface area (Å²) in [4.78, 5) is 35.8. The summed E-state index contributed by atoms with van der Waals surface area (Å²) >= 11 is 0. The van der Waals surface area contributed by atoms with E-state index in [-0.39, 0.29) is 6.04 Å². The number of carbonyl (C=O) groups excluding carboxylic acids is 3. The van der Waals surface area contributed by atoms with Crippen molar-refractivity contribution in [2.75, 3.05) is 6.61 Å². The van der Waals surface area contributed by atoms with Gasteiger partial charge in [0, 0.05) is 11.6 Å². The molecule has 1 saturated carbocycles. The first-order valence-corrected chi connectivity index (χ1v) is 8.38. The fourth-order valence-electron chi connectivity index (χ4n) is 3.14. The first kappa shape index (κ1) is 18.9. The van der Waals surface area contributed by atoms with Crippen LogP contribution in [-0.2, 0) is 19.7 Å². The van der Waals surface area contributed by atoms with Crippen LogP contribution in [0.15, 0.2) is 24.3 Å². The van der Waals surface area contributed by atoms with Crippen molar-refractivity contribution in [1.29, 1.82) is 0 Å². The zero-order valence-electron chi connectivity index (χ0n) is 14.4. The second-order valence-electron chi connectivity index (χ2n) is 6.52. The van der Waals surface area contributed by atoms with Crippen molar-refractivity contribution < 1.29 is 23.5 Å². The molecule has 1 aliphatic carbocycles. The molecular weight excluding hydrogens is 327 g/mol. The number of hydrogen-bond acceptors (Lipinski definition) is 4. The van der Waals surface area contributed by atoms with Gasteiger partial charge in [0.1, 0.15) is 5.82 Å². The molecule has 0 heterocycles. The van der Waals surface area contributed by atoms with Crippen LogP contribution in [0.25, 0.3) is 0 Å². The standard InChI is InChI=1S/C18H23FN2O4/c1-12(2)20-17(24)21-15(22)11-25-16(23)18(9-5-6-10-18)13-7-3-4-8-14(13)19/h3-4,7-8,12H,5-6,9-11H2,1-2H3,(H2,20,21,22,24). The molecule has 136 valence electrons. The van der Waals surface area contributed by atoms with Gasteiger partial charge in [-0.1, -0.05) is 31.0 Å². The van der Waals surface area contributed by atoms with Gasteiger partial charge in [-0.05, 0) is 32.8 Å². The minimum absolute atomic E-state index is 0.127. The van der Waals surface area contributed by atoms with Gasteiger partial charge in [-0.2, -0.15) is 0 Å². The summed E-state index contributed by atoms with van der Waals surface area (Å²) in [6, 6.07) is 5.35. The summed E-state index contributed by atoms with van der Waals surface area (Å²) in [5.74, 6) is -1.81. The predicted octanol–water partition coefficient (Wildman–Crippen LogP) is 2.41. The van der Waals surface area contributed by atoms with Gasteiger partial charge in [-0.15, -0.1) is 0 Å². The number of hydrogen-bond donors (Lipinski definition) is 2. The number of benzene rings is 1. The summed E-state index contributed by atoms with van der Waals surface area (Å²) in [7, 11) is 0. The lowest BCUT2D eigenvalue weighted by molar-refractivity contribution is -0.154. The lowest BCUT2D eigenvalue weighted by Crippen LogP contribution is -2.45. The van der Waals surface area contributed by atoms with Crippen molar-refractivity contribution in [2.45, 2.75) is 51.0 Å². The molecule has 0 aliphatic heterocycles. The Morgan fingerprint density at radius 1 is 1.20 bits per heavy atom. The van der Waals surface area contributed by atoms with Gasteiger partial charge in [0.25, 0.3) is 5.91 Å². The quantitative estimate of drug-likeness (QED) is 0.799. The number of carbonyl (C=O) groups is 3. The number of amides is 3. The Morgan fingerprint density at radius 3 is 2.44 bits per heavy atom. The van der Waals surface area contributed by atoms with Crippen LogP contribution in [0.3, 0.4) is 0 Å². The molecule has 3 amide bonds. The van der Waals surface area contributed by atoms with E-state index in [0.717, 1.165) is 12.8 Å². The van der Waals surface area contributed by atoms with Gasteiger partial charge in [0.05, 0.1) is 5.41 Å². The number of urea groups is 1. The van der Waals surface area contributed by atoms with E-state index in [1.54, 1.807) is 32.0 Å². The average molecular weight is 350 g/mol. The van der Waals surface area contributed by atoms with Crippen molar-refractivity contribution in [1.82, 2.24) is 10.6 Å². The largest absolute Gasteiger partial charge is 0.455 e. The normalized spacial score (nSPS) is 15.7. The Hall–Kier alpha value is -2.44. The first-order valence-electron chi connectivity index (χ1n) is 8.38. The van der Waals surface area contributed by atoms with E-state index in [1.807, 2.05) is 0 Å². The Bertz CT molecular complexity index is 654. The van der Waals surface area contributed by atoms with Gasteiger partial charge in [-0.3, -0.25) is 14.9 Å². The summed E-state index contributed by atoms with van der Waals surface area (Å²) < 4.78 is 19.3. The topological polar surface area (TPSA) is 84.5 Å². The molecule has 0 unspecified atom stereocenters. The second kappa shape index (κ2) is 8.09. The second-order valence-corrected chi connectivity index (χ2v) is 6.52. The lowest BCUT2D eigenvalue weighted by Gasteiger charge is -2.27. The van der Waals surface area contributed by atoms with Crippen LogP contribution in [0.5, 0.6) is 0 Å². The third kappa shape index (κ3) is 4.55. The Morgan fingerprint density at radius 2 is 1.84 bits per heavy atom. The SMILES string of the molecule is CC(C)NC(=O)NC(=O)COC(=O)C1(c2ccccc2F)CCCC1.